The summed E-state index contributed by atoms with van der Waals surface area (Å²) in [6.45, 7) is 0. The first-order valence-electron chi connectivity index (χ1n) is 6.40. The summed E-state index contributed by atoms with van der Waals surface area (Å²) in [6, 6.07) is 14.7. The number of aromatic nitrogens is 2. The summed E-state index contributed by atoms with van der Waals surface area (Å²) in [4.78, 5) is 19.2. The zero-order valence-corrected chi connectivity index (χ0v) is 11.5. The van der Waals surface area contributed by atoms with Crippen molar-refractivity contribution in [1.29, 1.82) is 0 Å². The largest absolute Gasteiger partial charge is 0.435 e. The van der Waals surface area contributed by atoms with E-state index in [4.69, 9.17) is 16.0 Å². The van der Waals surface area contributed by atoms with Gasteiger partial charge in [0.2, 0.25) is 5.89 Å². The van der Waals surface area contributed by atoms with Crippen LogP contribution in [0.25, 0.3) is 33.5 Å². The summed E-state index contributed by atoms with van der Waals surface area (Å²) < 4.78 is 5.81. The smallest absolute Gasteiger partial charge is 0.278 e. The molecule has 0 fully saturated rings. The number of rotatable bonds is 1. The SMILES string of the molecule is O=c1[nH]c2ccccc2c2oc(-c3cccc(Cl)c3)nc12. The molecule has 2 heterocycles. The van der Waals surface area contributed by atoms with Gasteiger partial charge in [-0.25, -0.2) is 4.98 Å². The Kier molecular flexibility index (Phi) is 2.59. The van der Waals surface area contributed by atoms with Gasteiger partial charge < -0.3 is 9.40 Å². The van der Waals surface area contributed by atoms with Crippen LogP contribution in [0.2, 0.25) is 5.02 Å². The molecule has 21 heavy (non-hydrogen) atoms. The lowest BCUT2D eigenvalue weighted by atomic mass is 10.2. The van der Waals surface area contributed by atoms with E-state index in [0.29, 0.717) is 22.0 Å². The minimum absolute atomic E-state index is 0.263. The van der Waals surface area contributed by atoms with Crippen molar-refractivity contribution in [1.82, 2.24) is 9.97 Å². The fraction of sp³-hybridized carbons (Fsp3) is 0. The molecule has 0 aliphatic carbocycles. The van der Waals surface area contributed by atoms with Gasteiger partial charge in [0.15, 0.2) is 11.1 Å². The molecule has 4 aromatic rings. The molecule has 5 heteroatoms. The van der Waals surface area contributed by atoms with Crippen molar-refractivity contribution in [2.45, 2.75) is 0 Å². The van der Waals surface area contributed by atoms with Gasteiger partial charge in [0.1, 0.15) is 0 Å². The molecule has 0 radical (unpaired) electrons. The van der Waals surface area contributed by atoms with E-state index in [0.717, 1.165) is 16.5 Å². The standard InChI is InChI=1S/C16H9ClN2O2/c17-10-5-3-4-9(8-10)16-19-13-14(21-16)11-6-1-2-7-12(11)18-15(13)20/h1-8H,(H,18,20). The van der Waals surface area contributed by atoms with E-state index in [1.54, 1.807) is 12.1 Å². The van der Waals surface area contributed by atoms with Gasteiger partial charge in [-0.3, -0.25) is 4.79 Å². The predicted molar refractivity (Wildman–Crippen MR) is 82.6 cm³/mol. The Morgan fingerprint density at radius 2 is 1.95 bits per heavy atom. The van der Waals surface area contributed by atoms with Gasteiger partial charge in [-0.2, -0.15) is 0 Å². The number of hydrogen-bond donors (Lipinski definition) is 1. The molecule has 0 saturated carbocycles. The minimum Gasteiger partial charge on any atom is -0.435 e. The number of pyridine rings is 1. The van der Waals surface area contributed by atoms with E-state index in [1.165, 1.54) is 0 Å². The Morgan fingerprint density at radius 3 is 2.81 bits per heavy atom. The summed E-state index contributed by atoms with van der Waals surface area (Å²) in [6.07, 6.45) is 0. The van der Waals surface area contributed by atoms with Crippen LogP contribution in [0.5, 0.6) is 0 Å². The molecule has 0 aliphatic rings. The van der Waals surface area contributed by atoms with Gasteiger partial charge in [0.25, 0.3) is 5.56 Å². The summed E-state index contributed by atoms with van der Waals surface area (Å²) in [5.41, 5.74) is 1.99. The average molecular weight is 297 g/mol. The van der Waals surface area contributed by atoms with Crippen molar-refractivity contribution in [3.63, 3.8) is 0 Å². The molecule has 0 atom stereocenters. The molecule has 4 rings (SSSR count). The van der Waals surface area contributed by atoms with Gasteiger partial charge in [0.05, 0.1) is 5.52 Å². The third-order valence-corrected chi connectivity index (χ3v) is 3.57. The lowest BCUT2D eigenvalue weighted by Gasteiger charge is -1.96. The van der Waals surface area contributed by atoms with Gasteiger partial charge in [0, 0.05) is 16.0 Å². The number of nitrogens with one attached hydrogen (secondary N) is 1. The van der Waals surface area contributed by atoms with E-state index < -0.39 is 0 Å². The van der Waals surface area contributed by atoms with Crippen LogP contribution in [0.3, 0.4) is 0 Å². The first-order valence-corrected chi connectivity index (χ1v) is 6.78. The fourth-order valence-corrected chi connectivity index (χ4v) is 2.56. The highest BCUT2D eigenvalue weighted by Gasteiger charge is 2.14. The summed E-state index contributed by atoms with van der Waals surface area (Å²) >= 11 is 5.98. The maximum absolute atomic E-state index is 12.1. The second-order valence-electron chi connectivity index (χ2n) is 4.71. The highest BCUT2D eigenvalue weighted by Crippen LogP contribution is 2.28. The molecule has 0 saturated heterocycles. The Balaban J connectivity index is 2.08. The molecule has 0 bridgehead atoms. The van der Waals surface area contributed by atoms with E-state index in [-0.39, 0.29) is 5.56 Å². The Morgan fingerprint density at radius 1 is 1.10 bits per heavy atom. The normalized spacial score (nSPS) is 11.3. The van der Waals surface area contributed by atoms with Crippen molar-refractivity contribution >= 4 is 33.6 Å². The third-order valence-electron chi connectivity index (χ3n) is 3.33. The van der Waals surface area contributed by atoms with Gasteiger partial charge in [-0.1, -0.05) is 29.8 Å². The van der Waals surface area contributed by atoms with Crippen LogP contribution < -0.4 is 5.56 Å². The van der Waals surface area contributed by atoms with Gasteiger partial charge in [-0.15, -0.1) is 0 Å². The molecule has 1 N–H and O–H groups in total. The maximum atomic E-state index is 12.1. The number of oxazole rings is 1. The molecule has 0 spiro atoms. The molecule has 4 nitrogen and oxygen atoms in total. The van der Waals surface area contributed by atoms with Crippen molar-refractivity contribution in [2.75, 3.05) is 0 Å². The van der Waals surface area contributed by atoms with Crippen molar-refractivity contribution in [3.8, 4) is 11.5 Å². The average Bonchev–Trinajstić information content (AvgIpc) is 2.93. The number of para-hydroxylation sites is 1. The van der Waals surface area contributed by atoms with Crippen LogP contribution in [-0.2, 0) is 0 Å². The highest BCUT2D eigenvalue weighted by molar-refractivity contribution is 6.30. The second-order valence-corrected chi connectivity index (χ2v) is 5.14. The molecule has 2 aromatic carbocycles. The molecular weight excluding hydrogens is 288 g/mol. The van der Waals surface area contributed by atoms with E-state index in [1.807, 2.05) is 36.4 Å². The summed E-state index contributed by atoms with van der Waals surface area (Å²) in [5.74, 6) is 0.384. The number of hydrogen-bond acceptors (Lipinski definition) is 3. The number of nitrogens with zero attached hydrogens (tertiary/aromatic N) is 1. The zero-order chi connectivity index (χ0) is 14.4. The van der Waals surface area contributed by atoms with Crippen LogP contribution >= 0.6 is 11.6 Å². The van der Waals surface area contributed by atoms with Crippen molar-refractivity contribution in [2.24, 2.45) is 0 Å². The highest BCUT2D eigenvalue weighted by atomic mass is 35.5. The maximum Gasteiger partial charge on any atom is 0.278 e. The Labute approximate surface area is 124 Å². The van der Waals surface area contributed by atoms with Crippen LogP contribution in [0.4, 0.5) is 0 Å². The Bertz CT molecular complexity index is 1030. The number of benzene rings is 2. The minimum atomic E-state index is -0.263. The lowest BCUT2D eigenvalue weighted by molar-refractivity contribution is 0.623. The molecule has 0 aliphatic heterocycles. The number of aromatic amines is 1. The predicted octanol–water partition coefficient (Wildman–Crippen LogP) is 3.99. The lowest BCUT2D eigenvalue weighted by Crippen LogP contribution is -2.05. The quantitative estimate of drug-likeness (QED) is 0.578. The second kappa shape index (κ2) is 4.46. The first kappa shape index (κ1) is 12.2. The van der Waals surface area contributed by atoms with Crippen LogP contribution in [0.15, 0.2) is 57.7 Å². The van der Waals surface area contributed by atoms with E-state index in [9.17, 15) is 4.79 Å². The first-order chi connectivity index (χ1) is 10.2. The number of halogens is 1. The third kappa shape index (κ3) is 1.92. The summed E-state index contributed by atoms with van der Waals surface area (Å²) in [7, 11) is 0. The van der Waals surface area contributed by atoms with E-state index in [2.05, 4.69) is 9.97 Å². The molecule has 0 unspecified atom stereocenters. The molecule has 102 valence electrons. The van der Waals surface area contributed by atoms with Crippen molar-refractivity contribution in [3.05, 3.63) is 63.9 Å². The van der Waals surface area contributed by atoms with Crippen LogP contribution in [0, 0.1) is 0 Å². The van der Waals surface area contributed by atoms with Crippen molar-refractivity contribution < 1.29 is 4.42 Å². The zero-order valence-electron chi connectivity index (χ0n) is 10.8. The topological polar surface area (TPSA) is 58.9 Å². The summed E-state index contributed by atoms with van der Waals surface area (Å²) in [5, 5.41) is 1.42. The van der Waals surface area contributed by atoms with Crippen LogP contribution in [0.1, 0.15) is 0 Å². The number of fused-ring (bicyclic) bond motifs is 3. The van der Waals surface area contributed by atoms with Crippen LogP contribution in [-0.4, -0.2) is 9.97 Å². The molecular formula is C16H9ClN2O2. The van der Waals surface area contributed by atoms with Gasteiger partial charge in [-0.05, 0) is 30.3 Å². The Hall–Kier alpha value is -2.59. The molecule has 0 amide bonds. The van der Waals surface area contributed by atoms with E-state index >= 15 is 0 Å². The number of H-pyrrole nitrogens is 1. The molecule has 2 aromatic heterocycles. The monoisotopic (exact) mass is 296 g/mol. The van der Waals surface area contributed by atoms with Gasteiger partial charge >= 0.3 is 0 Å². The fourth-order valence-electron chi connectivity index (χ4n) is 2.37.